The normalized spacial score (nSPS) is 10.1. The van der Waals surface area contributed by atoms with Crippen LogP contribution in [0.5, 0.6) is 0 Å². The first kappa shape index (κ1) is 16.5. The minimum Gasteiger partial charge on any atom is -0.500 e. The third-order valence-electron chi connectivity index (χ3n) is 2.80. The molecular formula is C13H19N3O5. The Bertz CT molecular complexity index is 616. The van der Waals surface area contributed by atoms with Crippen LogP contribution < -0.4 is 17.1 Å². The maximum Gasteiger partial charge on any atom is 0.336 e. The predicted molar refractivity (Wildman–Crippen MR) is 77.2 cm³/mol. The van der Waals surface area contributed by atoms with Crippen molar-refractivity contribution in [2.24, 2.45) is 0 Å². The molecular weight excluding hydrogens is 278 g/mol. The van der Waals surface area contributed by atoms with Gasteiger partial charge < -0.3 is 9.47 Å². The van der Waals surface area contributed by atoms with Crippen molar-refractivity contribution in [1.29, 1.82) is 0 Å². The van der Waals surface area contributed by atoms with Gasteiger partial charge in [0.1, 0.15) is 13.2 Å². The number of rotatable bonds is 9. The summed E-state index contributed by atoms with van der Waals surface area (Å²) in [6.07, 6.45) is 2.44. The number of nitrogens with zero attached hydrogens (tertiary/aromatic N) is 3. The van der Waals surface area contributed by atoms with Gasteiger partial charge in [0, 0.05) is 6.54 Å². The van der Waals surface area contributed by atoms with E-state index in [1.807, 2.05) is 0 Å². The van der Waals surface area contributed by atoms with Gasteiger partial charge in [0.05, 0.1) is 25.6 Å². The zero-order valence-electron chi connectivity index (χ0n) is 12.0. The lowest BCUT2D eigenvalue weighted by Gasteiger charge is -2.12. The summed E-state index contributed by atoms with van der Waals surface area (Å²) in [5.74, 6) is 0. The molecule has 8 nitrogen and oxygen atoms in total. The Morgan fingerprint density at radius 2 is 1.24 bits per heavy atom. The van der Waals surface area contributed by atoms with E-state index >= 15 is 0 Å². The summed E-state index contributed by atoms with van der Waals surface area (Å²) in [4.78, 5) is 36.4. The first-order chi connectivity index (χ1) is 10.1. The average molecular weight is 297 g/mol. The zero-order valence-corrected chi connectivity index (χ0v) is 12.0. The van der Waals surface area contributed by atoms with Crippen molar-refractivity contribution in [1.82, 2.24) is 13.7 Å². The summed E-state index contributed by atoms with van der Waals surface area (Å²) >= 11 is 0. The Morgan fingerprint density at radius 1 is 0.857 bits per heavy atom. The van der Waals surface area contributed by atoms with Gasteiger partial charge in [-0.1, -0.05) is 13.2 Å². The van der Waals surface area contributed by atoms with E-state index in [4.69, 9.17) is 9.47 Å². The number of hydrogen-bond donors (Lipinski definition) is 0. The van der Waals surface area contributed by atoms with Crippen LogP contribution in [-0.2, 0) is 29.1 Å². The van der Waals surface area contributed by atoms with Crippen molar-refractivity contribution in [3.63, 3.8) is 0 Å². The van der Waals surface area contributed by atoms with Gasteiger partial charge in [0.2, 0.25) is 0 Å². The lowest BCUT2D eigenvalue weighted by molar-refractivity contribution is 0.217. The van der Waals surface area contributed by atoms with E-state index in [9.17, 15) is 14.4 Å². The molecule has 0 radical (unpaired) electrons. The first-order valence-corrected chi connectivity index (χ1v) is 6.48. The Morgan fingerprint density at radius 3 is 1.57 bits per heavy atom. The molecule has 1 rings (SSSR count). The van der Waals surface area contributed by atoms with Crippen molar-refractivity contribution >= 4 is 0 Å². The fraction of sp³-hybridized carbons (Fsp3) is 0.462. The summed E-state index contributed by atoms with van der Waals surface area (Å²) in [7, 11) is 0. The fourth-order valence-electron chi connectivity index (χ4n) is 1.79. The lowest BCUT2D eigenvalue weighted by Crippen LogP contribution is -2.55. The van der Waals surface area contributed by atoms with Crippen LogP contribution in [-0.4, -0.2) is 26.9 Å². The molecule has 116 valence electrons. The number of hydrogen-bond acceptors (Lipinski definition) is 5. The number of ether oxygens (including phenoxy) is 2. The Balaban J connectivity index is 3.29. The van der Waals surface area contributed by atoms with Gasteiger partial charge in [-0.3, -0.25) is 0 Å². The highest BCUT2D eigenvalue weighted by atomic mass is 16.5. The Hall–Kier alpha value is -2.51. The van der Waals surface area contributed by atoms with Gasteiger partial charge in [-0.15, -0.1) is 0 Å². The molecule has 0 saturated carbocycles. The van der Waals surface area contributed by atoms with E-state index in [0.717, 1.165) is 13.7 Å². The monoisotopic (exact) mass is 297 g/mol. The van der Waals surface area contributed by atoms with Gasteiger partial charge in [0.25, 0.3) is 0 Å². The molecule has 21 heavy (non-hydrogen) atoms. The van der Waals surface area contributed by atoms with Crippen LogP contribution in [0.4, 0.5) is 0 Å². The van der Waals surface area contributed by atoms with E-state index in [-0.39, 0.29) is 32.8 Å². The van der Waals surface area contributed by atoms with Crippen molar-refractivity contribution in [2.45, 2.75) is 26.6 Å². The molecule has 0 aliphatic heterocycles. The van der Waals surface area contributed by atoms with E-state index in [2.05, 4.69) is 13.2 Å². The molecule has 0 fully saturated rings. The Labute approximate surface area is 121 Å². The van der Waals surface area contributed by atoms with Crippen molar-refractivity contribution in [2.75, 3.05) is 13.2 Å². The van der Waals surface area contributed by atoms with Crippen LogP contribution in [0, 0.1) is 0 Å². The second-order valence-electron chi connectivity index (χ2n) is 3.97. The molecule has 0 saturated heterocycles. The van der Waals surface area contributed by atoms with Gasteiger partial charge in [0.15, 0.2) is 0 Å². The summed E-state index contributed by atoms with van der Waals surface area (Å²) in [6.45, 7) is 8.88. The summed E-state index contributed by atoms with van der Waals surface area (Å²) in [5.41, 5.74) is -1.99. The predicted octanol–water partition coefficient (Wildman–Crippen LogP) is -0.488. The smallest absolute Gasteiger partial charge is 0.336 e. The summed E-state index contributed by atoms with van der Waals surface area (Å²) in [5, 5.41) is 0. The second kappa shape index (κ2) is 7.93. The molecule has 1 aromatic heterocycles. The van der Waals surface area contributed by atoms with Crippen LogP contribution in [0.25, 0.3) is 0 Å². The molecule has 0 aliphatic rings. The molecule has 0 aromatic carbocycles. The molecule has 1 heterocycles. The van der Waals surface area contributed by atoms with E-state index in [0.29, 0.717) is 0 Å². The third-order valence-corrected chi connectivity index (χ3v) is 2.80. The van der Waals surface area contributed by atoms with Crippen LogP contribution in [0.3, 0.4) is 0 Å². The van der Waals surface area contributed by atoms with Crippen molar-refractivity contribution < 1.29 is 9.47 Å². The highest BCUT2D eigenvalue weighted by Crippen LogP contribution is 1.82. The summed E-state index contributed by atoms with van der Waals surface area (Å²) in [6, 6.07) is 0. The van der Waals surface area contributed by atoms with Gasteiger partial charge in [-0.25, -0.2) is 28.1 Å². The molecule has 0 bridgehead atoms. The van der Waals surface area contributed by atoms with Crippen LogP contribution in [0.1, 0.15) is 6.92 Å². The van der Waals surface area contributed by atoms with Gasteiger partial charge >= 0.3 is 17.1 Å². The quantitative estimate of drug-likeness (QED) is 0.454. The Kier molecular flexibility index (Phi) is 6.25. The summed E-state index contributed by atoms with van der Waals surface area (Å²) < 4.78 is 12.8. The topological polar surface area (TPSA) is 84.5 Å². The standard InChI is InChI=1S/C13H19N3O5/c1-4-14-11(17)15(7-9-20-5-2)13(19)16(12(14)18)8-10-21-6-3/h5-6H,2-4,7-10H2,1H3. The number of aromatic nitrogens is 3. The van der Waals surface area contributed by atoms with E-state index in [1.54, 1.807) is 6.92 Å². The molecule has 1 aromatic rings. The second-order valence-corrected chi connectivity index (χ2v) is 3.97. The first-order valence-electron chi connectivity index (χ1n) is 6.48. The SMILES string of the molecule is C=COCCn1c(=O)n(CC)c(=O)n(CCOC=C)c1=O. The highest BCUT2D eigenvalue weighted by molar-refractivity contribution is 4.79. The van der Waals surface area contributed by atoms with Crippen LogP contribution >= 0.6 is 0 Å². The largest absolute Gasteiger partial charge is 0.500 e. The molecule has 0 spiro atoms. The van der Waals surface area contributed by atoms with Gasteiger partial charge in [-0.2, -0.15) is 0 Å². The van der Waals surface area contributed by atoms with Crippen LogP contribution in [0.2, 0.25) is 0 Å². The minimum absolute atomic E-state index is 0.0340. The maximum absolute atomic E-state index is 12.2. The minimum atomic E-state index is -0.685. The van der Waals surface area contributed by atoms with Crippen LogP contribution in [0.15, 0.2) is 40.1 Å². The fourth-order valence-corrected chi connectivity index (χ4v) is 1.79. The molecule has 0 aliphatic carbocycles. The molecule has 8 heteroatoms. The maximum atomic E-state index is 12.2. The van der Waals surface area contributed by atoms with E-state index in [1.165, 1.54) is 12.5 Å². The van der Waals surface area contributed by atoms with Crippen molar-refractivity contribution in [3.8, 4) is 0 Å². The molecule has 0 N–H and O–H groups in total. The molecule has 0 amide bonds. The van der Waals surface area contributed by atoms with Gasteiger partial charge in [-0.05, 0) is 6.92 Å². The highest BCUT2D eigenvalue weighted by Gasteiger charge is 2.14. The average Bonchev–Trinajstić information content (AvgIpc) is 2.47. The van der Waals surface area contributed by atoms with Crippen molar-refractivity contribution in [3.05, 3.63) is 57.1 Å². The third kappa shape index (κ3) is 3.74. The lowest BCUT2D eigenvalue weighted by atomic mass is 10.6. The zero-order chi connectivity index (χ0) is 15.8. The molecule has 0 unspecified atom stereocenters. The van der Waals surface area contributed by atoms with E-state index < -0.39 is 17.1 Å². The molecule has 0 atom stereocenters.